The number of hydrogen-bond donors (Lipinski definition) is 2. The molecule has 0 bridgehead atoms. The van der Waals surface area contributed by atoms with Crippen LogP contribution in [0.2, 0.25) is 0 Å². The predicted octanol–water partition coefficient (Wildman–Crippen LogP) is 2.59. The fourth-order valence-corrected chi connectivity index (χ4v) is 2.27. The largest absolute Gasteiger partial charge is 0.355 e. The molecule has 6 heteroatoms. The van der Waals surface area contributed by atoms with Crippen molar-refractivity contribution in [3.8, 4) is 0 Å². The molecule has 1 atom stereocenters. The van der Waals surface area contributed by atoms with E-state index in [1.54, 1.807) is 19.2 Å². The van der Waals surface area contributed by atoms with E-state index in [9.17, 15) is 4.39 Å². The number of likely N-dealkylation sites (N-methyl/N-ethyl adjacent to an activating group) is 1. The topological polar surface area (TPSA) is 39.7 Å². The average molecular weight is 420 g/mol. The third-order valence-corrected chi connectivity index (χ3v) is 4.01. The predicted molar refractivity (Wildman–Crippen MR) is 100 cm³/mol. The first kappa shape index (κ1) is 19.2. The van der Waals surface area contributed by atoms with E-state index in [-0.39, 0.29) is 29.8 Å². The summed E-state index contributed by atoms with van der Waals surface area (Å²) >= 11 is 0. The van der Waals surface area contributed by atoms with Crippen molar-refractivity contribution in [1.29, 1.82) is 0 Å². The zero-order valence-corrected chi connectivity index (χ0v) is 15.8. The van der Waals surface area contributed by atoms with E-state index in [1.165, 1.54) is 18.9 Å². The maximum Gasteiger partial charge on any atom is 0.191 e. The standard InChI is InChI=1S/C16H25FN4.HI/c1-12(21(3)14-8-9-14)10-19-16(18-2)20-11-13-6-4-5-7-15(13)17;/h4-7,12,14H,8-11H2,1-3H3,(H2,18,19,20);1H. The van der Waals surface area contributed by atoms with E-state index in [4.69, 9.17) is 0 Å². The highest BCUT2D eigenvalue weighted by atomic mass is 127. The van der Waals surface area contributed by atoms with Crippen LogP contribution in [-0.2, 0) is 6.54 Å². The Bertz CT molecular complexity index is 491. The molecule has 1 aromatic carbocycles. The minimum absolute atomic E-state index is 0. The van der Waals surface area contributed by atoms with Crippen molar-refractivity contribution in [2.75, 3.05) is 20.6 Å². The fraction of sp³-hybridized carbons (Fsp3) is 0.562. The summed E-state index contributed by atoms with van der Waals surface area (Å²) in [6.07, 6.45) is 2.61. The van der Waals surface area contributed by atoms with Gasteiger partial charge in [0.25, 0.3) is 0 Å². The number of halogens is 2. The Morgan fingerprint density at radius 1 is 1.36 bits per heavy atom. The van der Waals surface area contributed by atoms with Crippen molar-refractivity contribution >= 4 is 29.9 Å². The molecule has 1 unspecified atom stereocenters. The second-order valence-electron chi connectivity index (χ2n) is 5.64. The van der Waals surface area contributed by atoms with Crippen molar-refractivity contribution in [2.24, 2.45) is 4.99 Å². The molecule has 0 radical (unpaired) electrons. The summed E-state index contributed by atoms with van der Waals surface area (Å²) in [5.74, 6) is 0.511. The summed E-state index contributed by atoms with van der Waals surface area (Å²) in [5.41, 5.74) is 0.642. The highest BCUT2D eigenvalue weighted by Crippen LogP contribution is 2.26. The number of benzene rings is 1. The van der Waals surface area contributed by atoms with E-state index in [0.29, 0.717) is 24.1 Å². The van der Waals surface area contributed by atoms with E-state index in [2.05, 4.69) is 34.5 Å². The molecule has 1 saturated carbocycles. The van der Waals surface area contributed by atoms with Crippen molar-refractivity contribution in [1.82, 2.24) is 15.5 Å². The number of aliphatic imine (C=N–C) groups is 1. The second kappa shape index (κ2) is 9.29. The second-order valence-corrected chi connectivity index (χ2v) is 5.64. The molecular formula is C16H26FIN4. The van der Waals surface area contributed by atoms with Crippen LogP contribution in [0, 0.1) is 5.82 Å². The molecule has 2 rings (SSSR count). The fourth-order valence-electron chi connectivity index (χ4n) is 2.27. The zero-order valence-electron chi connectivity index (χ0n) is 13.5. The molecule has 124 valence electrons. The van der Waals surface area contributed by atoms with E-state index in [1.807, 2.05) is 6.07 Å². The van der Waals surface area contributed by atoms with Crippen LogP contribution in [0.15, 0.2) is 29.3 Å². The van der Waals surface area contributed by atoms with Gasteiger partial charge in [-0.1, -0.05) is 18.2 Å². The van der Waals surface area contributed by atoms with E-state index in [0.717, 1.165) is 12.6 Å². The molecule has 2 N–H and O–H groups in total. The third-order valence-electron chi connectivity index (χ3n) is 4.01. The minimum Gasteiger partial charge on any atom is -0.355 e. The van der Waals surface area contributed by atoms with E-state index < -0.39 is 0 Å². The molecule has 22 heavy (non-hydrogen) atoms. The molecular weight excluding hydrogens is 394 g/mol. The zero-order chi connectivity index (χ0) is 15.2. The number of guanidine groups is 1. The summed E-state index contributed by atoms with van der Waals surface area (Å²) in [6, 6.07) is 7.98. The van der Waals surface area contributed by atoms with Gasteiger partial charge in [-0.25, -0.2) is 4.39 Å². The van der Waals surface area contributed by atoms with Gasteiger partial charge in [-0.3, -0.25) is 9.89 Å². The Kier molecular flexibility index (Phi) is 8.09. The molecule has 1 aromatic rings. The lowest BCUT2D eigenvalue weighted by Crippen LogP contribution is -2.45. The van der Waals surface area contributed by atoms with Gasteiger partial charge in [0.05, 0.1) is 0 Å². The van der Waals surface area contributed by atoms with Gasteiger partial charge in [0.1, 0.15) is 5.82 Å². The lowest BCUT2D eigenvalue weighted by atomic mass is 10.2. The van der Waals surface area contributed by atoms with Crippen LogP contribution >= 0.6 is 24.0 Å². The number of nitrogens with zero attached hydrogens (tertiary/aromatic N) is 2. The Morgan fingerprint density at radius 2 is 2.05 bits per heavy atom. The highest BCUT2D eigenvalue weighted by molar-refractivity contribution is 14.0. The maximum atomic E-state index is 13.6. The van der Waals surface area contributed by atoms with Gasteiger partial charge in [-0.2, -0.15) is 0 Å². The summed E-state index contributed by atoms with van der Waals surface area (Å²) in [7, 11) is 3.89. The molecule has 1 aliphatic carbocycles. The first-order valence-corrected chi connectivity index (χ1v) is 7.51. The van der Waals surface area contributed by atoms with Crippen LogP contribution < -0.4 is 10.6 Å². The Balaban J connectivity index is 0.00000242. The number of hydrogen-bond acceptors (Lipinski definition) is 2. The SMILES string of the molecule is CN=C(NCc1ccccc1F)NCC(C)N(C)C1CC1.I. The summed E-state index contributed by atoms with van der Waals surface area (Å²) in [4.78, 5) is 6.58. The van der Waals surface area contributed by atoms with Gasteiger partial charge in [0, 0.05) is 37.8 Å². The van der Waals surface area contributed by atoms with E-state index >= 15 is 0 Å². The highest BCUT2D eigenvalue weighted by Gasteiger charge is 2.28. The molecule has 0 spiro atoms. The lowest BCUT2D eigenvalue weighted by molar-refractivity contribution is 0.247. The summed E-state index contributed by atoms with van der Waals surface area (Å²) in [5, 5.41) is 6.44. The van der Waals surface area contributed by atoms with Gasteiger partial charge in [-0.15, -0.1) is 24.0 Å². The third kappa shape index (κ3) is 5.72. The summed E-state index contributed by atoms with van der Waals surface area (Å²) in [6.45, 7) is 3.46. The maximum absolute atomic E-state index is 13.6. The normalized spacial score (nSPS) is 16.1. The van der Waals surface area contributed by atoms with Crippen LogP contribution in [0.25, 0.3) is 0 Å². The molecule has 0 heterocycles. The monoisotopic (exact) mass is 420 g/mol. The molecule has 0 aliphatic heterocycles. The Morgan fingerprint density at radius 3 is 2.64 bits per heavy atom. The quantitative estimate of drug-likeness (QED) is 0.422. The van der Waals surface area contributed by atoms with Crippen molar-refractivity contribution in [3.05, 3.63) is 35.6 Å². The molecule has 0 saturated heterocycles. The van der Waals surface area contributed by atoms with Crippen LogP contribution in [0.4, 0.5) is 4.39 Å². The number of rotatable bonds is 6. The van der Waals surface area contributed by atoms with Gasteiger partial charge in [0.2, 0.25) is 0 Å². The minimum atomic E-state index is -0.192. The molecule has 1 fully saturated rings. The van der Waals surface area contributed by atoms with Crippen molar-refractivity contribution in [3.63, 3.8) is 0 Å². The smallest absolute Gasteiger partial charge is 0.191 e. The molecule has 1 aliphatic rings. The Labute approximate surface area is 149 Å². The molecule has 0 aromatic heterocycles. The molecule has 4 nitrogen and oxygen atoms in total. The first-order valence-electron chi connectivity index (χ1n) is 7.51. The average Bonchev–Trinajstić information content (AvgIpc) is 3.32. The van der Waals surface area contributed by atoms with Gasteiger partial charge >= 0.3 is 0 Å². The Hall–Kier alpha value is -0.890. The van der Waals surface area contributed by atoms with Gasteiger partial charge in [0.15, 0.2) is 5.96 Å². The number of nitrogens with one attached hydrogen (secondary N) is 2. The van der Waals surface area contributed by atoms with Crippen LogP contribution in [0.3, 0.4) is 0 Å². The first-order chi connectivity index (χ1) is 10.1. The lowest BCUT2D eigenvalue weighted by Gasteiger charge is -2.25. The molecule has 0 amide bonds. The van der Waals surface area contributed by atoms with Crippen molar-refractivity contribution in [2.45, 2.75) is 38.4 Å². The van der Waals surface area contributed by atoms with Gasteiger partial charge in [-0.05, 0) is 32.9 Å². The van der Waals surface area contributed by atoms with Crippen molar-refractivity contribution < 1.29 is 4.39 Å². The van der Waals surface area contributed by atoms with Crippen LogP contribution in [0.5, 0.6) is 0 Å². The van der Waals surface area contributed by atoms with Crippen LogP contribution in [0.1, 0.15) is 25.3 Å². The van der Waals surface area contributed by atoms with Gasteiger partial charge < -0.3 is 10.6 Å². The summed E-state index contributed by atoms with van der Waals surface area (Å²) < 4.78 is 13.6. The van der Waals surface area contributed by atoms with Crippen LogP contribution in [-0.4, -0.2) is 43.6 Å².